The number of aromatic amines is 2. The van der Waals surface area contributed by atoms with Gasteiger partial charge < -0.3 is 39.9 Å². The van der Waals surface area contributed by atoms with Crippen LogP contribution < -0.4 is 10.6 Å². The van der Waals surface area contributed by atoms with Gasteiger partial charge in [0.15, 0.2) is 0 Å². The van der Waals surface area contributed by atoms with Crippen molar-refractivity contribution >= 4 is 24.0 Å². The number of hydrogen-bond acceptors (Lipinski definition) is 8. The Kier molecular flexibility index (Phi) is 11.7. The molecule has 14 nitrogen and oxygen atoms in total. The maximum Gasteiger partial charge on any atom is 0.407 e. The number of H-pyrrole nitrogens is 2. The largest absolute Gasteiger partial charge is 0.453 e. The molecule has 4 atom stereocenters. The van der Waals surface area contributed by atoms with Crippen LogP contribution in [0.5, 0.6) is 0 Å². The van der Waals surface area contributed by atoms with Gasteiger partial charge in [-0.1, -0.05) is 76.2 Å². The minimum Gasteiger partial charge on any atom is -0.453 e. The van der Waals surface area contributed by atoms with Crippen LogP contribution >= 0.6 is 0 Å². The number of amides is 4. The van der Waals surface area contributed by atoms with Crippen LogP contribution in [-0.4, -0.2) is 93.1 Å². The number of benzene rings is 2. The lowest BCUT2D eigenvalue weighted by atomic mass is 10.0. The van der Waals surface area contributed by atoms with Gasteiger partial charge in [0.05, 0.1) is 50.1 Å². The number of alkyl carbamates (subject to hydrolysis) is 2. The van der Waals surface area contributed by atoms with Crippen molar-refractivity contribution in [2.45, 2.75) is 77.5 Å². The first kappa shape index (κ1) is 38.1. The summed E-state index contributed by atoms with van der Waals surface area (Å²) in [6.45, 7) is 8.78. The zero-order valence-corrected chi connectivity index (χ0v) is 31.7. The molecule has 2 aromatic heterocycles. The van der Waals surface area contributed by atoms with Gasteiger partial charge >= 0.3 is 12.2 Å². The highest BCUT2D eigenvalue weighted by Crippen LogP contribution is 2.35. The summed E-state index contributed by atoms with van der Waals surface area (Å²) in [7, 11) is 2.58. The summed E-state index contributed by atoms with van der Waals surface area (Å²) in [5.74, 6) is 0.955. The molecule has 6 rings (SSSR count). The number of carbonyl (C=O) groups excluding carboxylic acids is 4. The molecule has 0 bridgehead atoms. The van der Waals surface area contributed by atoms with Gasteiger partial charge in [0, 0.05) is 13.1 Å². The van der Waals surface area contributed by atoms with Gasteiger partial charge in [-0.05, 0) is 59.8 Å². The maximum atomic E-state index is 13.5. The molecule has 0 spiro atoms. The average molecular weight is 739 g/mol. The second-order valence-electron chi connectivity index (χ2n) is 14.6. The van der Waals surface area contributed by atoms with Gasteiger partial charge in [0.1, 0.15) is 23.7 Å². The van der Waals surface area contributed by atoms with Crippen LogP contribution in [0.2, 0.25) is 0 Å². The summed E-state index contributed by atoms with van der Waals surface area (Å²) in [5, 5.41) is 5.38. The first-order chi connectivity index (χ1) is 26.0. The first-order valence-electron chi connectivity index (χ1n) is 18.6. The monoisotopic (exact) mass is 738 g/mol. The average Bonchev–Trinajstić information content (AvgIpc) is 4.02. The van der Waals surface area contributed by atoms with E-state index in [1.165, 1.54) is 14.2 Å². The topological polar surface area (TPSA) is 175 Å². The second kappa shape index (κ2) is 16.6. The number of nitrogens with zero attached hydrogens (tertiary/aromatic N) is 4. The Labute approximate surface area is 315 Å². The minimum atomic E-state index is -0.687. The van der Waals surface area contributed by atoms with Crippen molar-refractivity contribution < 1.29 is 28.7 Å². The molecular weight excluding hydrogens is 688 g/mol. The number of carbonyl (C=O) groups is 4. The van der Waals surface area contributed by atoms with Gasteiger partial charge in [-0.15, -0.1) is 0 Å². The summed E-state index contributed by atoms with van der Waals surface area (Å²) in [6, 6.07) is 14.7. The van der Waals surface area contributed by atoms with E-state index in [4.69, 9.17) is 9.47 Å². The van der Waals surface area contributed by atoms with Crippen LogP contribution in [0.4, 0.5) is 9.59 Å². The van der Waals surface area contributed by atoms with E-state index in [0.717, 1.165) is 71.0 Å². The van der Waals surface area contributed by atoms with E-state index >= 15 is 0 Å². The van der Waals surface area contributed by atoms with Gasteiger partial charge in [0.25, 0.3) is 0 Å². The van der Waals surface area contributed by atoms with E-state index < -0.39 is 24.3 Å². The third-order valence-corrected chi connectivity index (χ3v) is 10.4. The molecule has 0 radical (unpaired) electrons. The molecule has 2 aliphatic rings. The Morgan fingerprint density at radius 2 is 0.981 bits per heavy atom. The Morgan fingerprint density at radius 1 is 0.630 bits per heavy atom. The van der Waals surface area contributed by atoms with Crippen molar-refractivity contribution in [1.82, 2.24) is 40.4 Å². The van der Waals surface area contributed by atoms with Gasteiger partial charge in [-0.3, -0.25) is 9.59 Å². The maximum absolute atomic E-state index is 13.5. The third-order valence-electron chi connectivity index (χ3n) is 10.4. The molecule has 4 amide bonds. The zero-order valence-electron chi connectivity index (χ0n) is 31.7. The van der Waals surface area contributed by atoms with E-state index in [9.17, 15) is 19.2 Å². The lowest BCUT2D eigenvalue weighted by Gasteiger charge is -2.30. The van der Waals surface area contributed by atoms with Crippen molar-refractivity contribution in [3.05, 3.63) is 72.6 Å². The highest BCUT2D eigenvalue weighted by Gasteiger charge is 2.39. The number of ether oxygens (including phenoxy) is 2. The molecule has 4 heterocycles. The molecule has 4 N–H and O–H groups in total. The smallest absolute Gasteiger partial charge is 0.407 e. The van der Waals surface area contributed by atoms with Gasteiger partial charge in [-0.2, -0.15) is 0 Å². The summed E-state index contributed by atoms with van der Waals surface area (Å²) in [4.78, 5) is 70.7. The molecule has 2 saturated heterocycles. The number of aromatic nitrogens is 4. The van der Waals surface area contributed by atoms with Crippen LogP contribution in [0, 0.1) is 11.8 Å². The van der Waals surface area contributed by atoms with Crippen molar-refractivity contribution in [3.63, 3.8) is 0 Å². The van der Waals surface area contributed by atoms with Crippen LogP contribution in [0.15, 0.2) is 60.9 Å². The summed E-state index contributed by atoms with van der Waals surface area (Å²) in [5.41, 5.74) is 5.78. The molecule has 0 aliphatic carbocycles. The van der Waals surface area contributed by atoms with E-state index in [1.807, 2.05) is 52.0 Å². The van der Waals surface area contributed by atoms with E-state index in [2.05, 4.69) is 54.8 Å². The molecule has 2 unspecified atom stereocenters. The van der Waals surface area contributed by atoms with Gasteiger partial charge in [-0.25, -0.2) is 19.6 Å². The van der Waals surface area contributed by atoms with E-state index in [0.29, 0.717) is 13.1 Å². The fourth-order valence-corrected chi connectivity index (χ4v) is 7.38. The molecule has 2 aromatic carbocycles. The Balaban J connectivity index is 1.11. The number of hydrogen-bond donors (Lipinski definition) is 4. The predicted octanol–water partition coefficient (Wildman–Crippen LogP) is 6.22. The number of rotatable bonds is 11. The minimum absolute atomic E-state index is 0.104. The number of methoxy groups -OCH3 is 2. The standard InChI is InChI=1S/C40H50N8O6/c1-23(2)33(45-39(51)53-5)37(49)47-19-7-9-31(47)35-41-21-29(43-35)27-15-11-25(12-16-27)26-13-17-28(18-14-26)30-22-42-36(44-30)32-10-8-20-48(32)38(50)34(24(3)4)46-40(52)54-6/h11-18,21-24,31-34H,7-10,19-20H2,1-6H3,(H,41,43)(H,42,44)(H,45,51)(H,46,52)/t31?,32?,33-,34-/m1/s1. The van der Waals surface area contributed by atoms with Crippen LogP contribution in [0.1, 0.15) is 77.1 Å². The molecule has 54 heavy (non-hydrogen) atoms. The normalized spacial score (nSPS) is 18.1. The van der Waals surface area contributed by atoms with Crippen molar-refractivity contribution in [3.8, 4) is 33.6 Å². The highest BCUT2D eigenvalue weighted by molar-refractivity contribution is 5.87. The SMILES string of the molecule is COC(=O)N[C@@H](C(=O)N1CCCC1c1ncc(-c2ccc(-c3ccc(-c4cnc(C5CCCN5C(=O)[C@H](NC(=O)OC)C(C)C)[nH]4)cc3)cc2)[nH]1)C(C)C. The van der Waals surface area contributed by atoms with E-state index in [1.54, 1.807) is 22.2 Å². The molecule has 2 aliphatic heterocycles. The molecular formula is C40H50N8O6. The van der Waals surface area contributed by atoms with Crippen LogP contribution in [0.25, 0.3) is 33.6 Å². The Hall–Kier alpha value is -5.66. The molecule has 0 saturated carbocycles. The summed E-state index contributed by atoms with van der Waals surface area (Å²) < 4.78 is 9.50. The predicted molar refractivity (Wildman–Crippen MR) is 203 cm³/mol. The zero-order chi connectivity index (χ0) is 38.5. The highest BCUT2D eigenvalue weighted by atomic mass is 16.5. The van der Waals surface area contributed by atoms with Crippen LogP contribution in [-0.2, 0) is 19.1 Å². The Bertz CT molecular complexity index is 1800. The Morgan fingerprint density at radius 3 is 1.31 bits per heavy atom. The fourth-order valence-electron chi connectivity index (χ4n) is 7.38. The summed E-state index contributed by atoms with van der Waals surface area (Å²) >= 11 is 0. The molecule has 2 fully saturated rings. The fraction of sp³-hybridized carbons (Fsp3) is 0.450. The third kappa shape index (κ3) is 8.12. The number of likely N-dealkylation sites (tertiary alicyclic amines) is 2. The quantitative estimate of drug-likeness (QED) is 0.140. The lowest BCUT2D eigenvalue weighted by molar-refractivity contribution is -0.136. The molecule has 286 valence electrons. The molecule has 14 heteroatoms. The lowest BCUT2D eigenvalue weighted by Crippen LogP contribution is -2.51. The van der Waals surface area contributed by atoms with Gasteiger partial charge in [0.2, 0.25) is 11.8 Å². The van der Waals surface area contributed by atoms with Crippen LogP contribution in [0.3, 0.4) is 0 Å². The summed E-state index contributed by atoms with van der Waals surface area (Å²) in [6.07, 6.45) is 5.61. The number of nitrogens with one attached hydrogen (secondary N) is 4. The van der Waals surface area contributed by atoms with Crippen molar-refractivity contribution in [1.29, 1.82) is 0 Å². The van der Waals surface area contributed by atoms with E-state index in [-0.39, 0.29) is 35.7 Å². The van der Waals surface area contributed by atoms with Crippen molar-refractivity contribution in [2.24, 2.45) is 11.8 Å². The second-order valence-corrected chi connectivity index (χ2v) is 14.6. The molecule has 4 aromatic rings. The first-order valence-corrected chi connectivity index (χ1v) is 18.6. The van der Waals surface area contributed by atoms with Crippen molar-refractivity contribution in [2.75, 3.05) is 27.3 Å². The number of imidazole rings is 2.